The maximum atomic E-state index is 12.8. The predicted octanol–water partition coefficient (Wildman–Crippen LogP) is 0.867. The Kier molecular flexibility index (Phi) is 15.3. The molecular formula is C30H41N7O8. The highest BCUT2D eigenvalue weighted by atomic mass is 16.5. The number of carboxylic acids is 1. The zero-order chi connectivity index (χ0) is 33.2. The molecule has 0 radical (unpaired) electrons. The van der Waals surface area contributed by atoms with Crippen LogP contribution in [0.15, 0.2) is 53.5 Å². The topological polar surface area (TPSA) is 237 Å². The molecule has 244 valence electrons. The molecule has 0 saturated carbocycles. The second-order valence-electron chi connectivity index (χ2n) is 10.2. The van der Waals surface area contributed by atoms with Gasteiger partial charge in [-0.3, -0.25) is 24.0 Å². The largest absolute Gasteiger partial charge is 0.492 e. The first kappa shape index (κ1) is 36.0. The standard InChI is InChI=1S/C30H41N7O8/c1-19(2)10-13-44-14-11-25(38)33-12-15-45-23-8-6-21(7-9-23)35-29(43)24(17-27(40)41)37-26(39)18-34-28(42)20-4-3-5-22(16-20)36-30(31)32/h3-9,16,19,24H,10-15,17-18H2,1-2H3,(H,33,38)(H,34,42)(H,35,43)(H,37,39)(H,40,41)(H4,31,32,36). The molecule has 2 aromatic rings. The van der Waals surface area contributed by atoms with Gasteiger partial charge in [0.1, 0.15) is 18.4 Å². The van der Waals surface area contributed by atoms with E-state index in [1.54, 1.807) is 24.3 Å². The van der Waals surface area contributed by atoms with Crippen molar-refractivity contribution < 1.29 is 38.6 Å². The van der Waals surface area contributed by atoms with Gasteiger partial charge in [-0.1, -0.05) is 19.9 Å². The number of carbonyl (C=O) groups excluding carboxylic acids is 4. The summed E-state index contributed by atoms with van der Waals surface area (Å²) in [6.07, 6.45) is 0.517. The van der Waals surface area contributed by atoms with E-state index in [4.69, 9.17) is 20.9 Å². The summed E-state index contributed by atoms with van der Waals surface area (Å²) >= 11 is 0. The van der Waals surface area contributed by atoms with Gasteiger partial charge >= 0.3 is 5.97 Å². The quantitative estimate of drug-likeness (QED) is 0.0659. The van der Waals surface area contributed by atoms with E-state index in [2.05, 4.69) is 40.1 Å². The molecule has 4 amide bonds. The molecule has 0 spiro atoms. The zero-order valence-corrected chi connectivity index (χ0v) is 25.3. The van der Waals surface area contributed by atoms with E-state index in [0.717, 1.165) is 6.42 Å². The first-order valence-electron chi connectivity index (χ1n) is 14.3. The fraction of sp³-hybridized carbons (Fsp3) is 0.400. The molecule has 15 nitrogen and oxygen atoms in total. The zero-order valence-electron chi connectivity index (χ0n) is 25.3. The summed E-state index contributed by atoms with van der Waals surface area (Å²) in [6.45, 7) is 5.19. The Bertz CT molecular complexity index is 1330. The van der Waals surface area contributed by atoms with E-state index >= 15 is 0 Å². The lowest BCUT2D eigenvalue weighted by Gasteiger charge is -2.17. The summed E-state index contributed by atoms with van der Waals surface area (Å²) in [7, 11) is 0. The van der Waals surface area contributed by atoms with E-state index in [9.17, 15) is 29.1 Å². The van der Waals surface area contributed by atoms with Gasteiger partial charge in [0.25, 0.3) is 5.91 Å². The molecule has 0 heterocycles. The Balaban J connectivity index is 1.79. The van der Waals surface area contributed by atoms with Crippen molar-refractivity contribution in [1.29, 1.82) is 0 Å². The predicted molar refractivity (Wildman–Crippen MR) is 167 cm³/mol. The van der Waals surface area contributed by atoms with Gasteiger partial charge in [-0.25, -0.2) is 4.99 Å². The first-order chi connectivity index (χ1) is 21.4. The number of guanidine groups is 1. The van der Waals surface area contributed by atoms with E-state index < -0.39 is 42.7 Å². The molecule has 1 unspecified atom stereocenters. The van der Waals surface area contributed by atoms with Crippen LogP contribution in [0.4, 0.5) is 11.4 Å². The molecule has 0 aliphatic rings. The number of aliphatic carboxylic acids is 1. The molecule has 15 heteroatoms. The molecule has 0 aliphatic heterocycles. The lowest BCUT2D eigenvalue weighted by Crippen LogP contribution is -2.48. The van der Waals surface area contributed by atoms with Crippen LogP contribution in [0.25, 0.3) is 0 Å². The first-order valence-corrected chi connectivity index (χ1v) is 14.3. The second kappa shape index (κ2) is 19.2. The summed E-state index contributed by atoms with van der Waals surface area (Å²) in [6, 6.07) is 10.9. The summed E-state index contributed by atoms with van der Waals surface area (Å²) in [4.78, 5) is 64.7. The summed E-state index contributed by atoms with van der Waals surface area (Å²) in [5.41, 5.74) is 11.5. The number of hydrogen-bond donors (Lipinski definition) is 7. The second-order valence-corrected chi connectivity index (χ2v) is 10.2. The van der Waals surface area contributed by atoms with Crippen LogP contribution in [0.3, 0.4) is 0 Å². The smallest absolute Gasteiger partial charge is 0.305 e. The van der Waals surface area contributed by atoms with Crippen molar-refractivity contribution in [2.45, 2.75) is 39.2 Å². The van der Waals surface area contributed by atoms with Crippen molar-refractivity contribution in [1.82, 2.24) is 16.0 Å². The molecule has 0 saturated heterocycles. The number of aliphatic imine (C=N–C) groups is 1. The van der Waals surface area contributed by atoms with Crippen molar-refractivity contribution in [3.8, 4) is 5.75 Å². The fourth-order valence-electron chi connectivity index (χ4n) is 3.66. The maximum absolute atomic E-state index is 12.8. The molecule has 0 aliphatic carbocycles. The van der Waals surface area contributed by atoms with Crippen LogP contribution in [-0.4, -0.2) is 79.6 Å². The molecule has 45 heavy (non-hydrogen) atoms. The fourth-order valence-corrected chi connectivity index (χ4v) is 3.66. The van der Waals surface area contributed by atoms with Gasteiger partial charge in [-0.15, -0.1) is 0 Å². The minimum absolute atomic E-state index is 0.138. The monoisotopic (exact) mass is 627 g/mol. The van der Waals surface area contributed by atoms with Crippen molar-refractivity contribution in [3.05, 3.63) is 54.1 Å². The van der Waals surface area contributed by atoms with Crippen LogP contribution in [0.5, 0.6) is 5.75 Å². The normalized spacial score (nSPS) is 11.2. The molecule has 2 rings (SSSR count). The number of nitrogens with zero attached hydrogens (tertiary/aromatic N) is 1. The van der Waals surface area contributed by atoms with Gasteiger partial charge < -0.3 is 47.3 Å². The number of anilines is 1. The third-order valence-corrected chi connectivity index (χ3v) is 5.93. The SMILES string of the molecule is CC(C)CCOCCC(=O)NCCOc1ccc(NC(=O)C(CC(=O)O)NC(=O)CNC(=O)c2cccc(N=C(N)N)c2)cc1. The van der Waals surface area contributed by atoms with Crippen LogP contribution in [0.1, 0.15) is 43.5 Å². The number of carboxylic acid groups (broad SMARTS) is 1. The van der Waals surface area contributed by atoms with Crippen molar-refractivity contribution in [2.24, 2.45) is 22.4 Å². The van der Waals surface area contributed by atoms with Crippen molar-refractivity contribution >= 4 is 46.9 Å². The summed E-state index contributed by atoms with van der Waals surface area (Å²) in [5, 5.41) is 19.3. The Labute approximate surface area is 261 Å². The Morgan fingerprint density at radius 1 is 0.933 bits per heavy atom. The van der Waals surface area contributed by atoms with Crippen LogP contribution >= 0.6 is 0 Å². The lowest BCUT2D eigenvalue weighted by molar-refractivity contribution is -0.139. The molecule has 0 aromatic heterocycles. The number of carbonyl (C=O) groups is 5. The number of ether oxygens (including phenoxy) is 2. The minimum Gasteiger partial charge on any atom is -0.492 e. The van der Waals surface area contributed by atoms with Gasteiger partial charge in [0.15, 0.2) is 5.96 Å². The molecule has 0 fully saturated rings. The van der Waals surface area contributed by atoms with Crippen LogP contribution in [0, 0.1) is 5.92 Å². The highest BCUT2D eigenvalue weighted by Gasteiger charge is 2.24. The van der Waals surface area contributed by atoms with E-state index in [1.807, 2.05) is 0 Å². The minimum atomic E-state index is -1.42. The van der Waals surface area contributed by atoms with Crippen molar-refractivity contribution in [3.63, 3.8) is 0 Å². The number of benzene rings is 2. The Hall–Kier alpha value is -5.18. The van der Waals surface area contributed by atoms with Crippen LogP contribution in [-0.2, 0) is 23.9 Å². The maximum Gasteiger partial charge on any atom is 0.305 e. The Morgan fingerprint density at radius 3 is 2.33 bits per heavy atom. The highest BCUT2D eigenvalue weighted by molar-refractivity contribution is 6.01. The number of nitrogens with one attached hydrogen (secondary N) is 4. The molecule has 9 N–H and O–H groups in total. The van der Waals surface area contributed by atoms with Crippen LogP contribution < -0.4 is 37.5 Å². The number of hydrogen-bond acceptors (Lipinski definition) is 8. The lowest BCUT2D eigenvalue weighted by atomic mass is 10.1. The average Bonchev–Trinajstić information content (AvgIpc) is 2.97. The van der Waals surface area contributed by atoms with Gasteiger partial charge in [0.05, 0.1) is 31.8 Å². The number of nitrogens with two attached hydrogens (primary N) is 2. The van der Waals surface area contributed by atoms with E-state index in [0.29, 0.717) is 42.8 Å². The summed E-state index contributed by atoms with van der Waals surface area (Å²) < 4.78 is 11.0. The highest BCUT2D eigenvalue weighted by Crippen LogP contribution is 2.16. The number of amides is 4. The number of rotatable bonds is 19. The van der Waals surface area contributed by atoms with Gasteiger partial charge in [0.2, 0.25) is 17.7 Å². The van der Waals surface area contributed by atoms with E-state index in [1.165, 1.54) is 24.3 Å². The third kappa shape index (κ3) is 15.2. The van der Waals surface area contributed by atoms with Gasteiger partial charge in [-0.2, -0.15) is 0 Å². The van der Waals surface area contributed by atoms with Crippen molar-refractivity contribution in [2.75, 3.05) is 38.2 Å². The Morgan fingerprint density at radius 2 is 1.67 bits per heavy atom. The average molecular weight is 628 g/mol. The van der Waals surface area contributed by atoms with Crippen LogP contribution in [0.2, 0.25) is 0 Å². The molecule has 0 bridgehead atoms. The molecule has 2 aromatic carbocycles. The molecular weight excluding hydrogens is 586 g/mol. The third-order valence-electron chi connectivity index (χ3n) is 5.93. The van der Waals surface area contributed by atoms with Gasteiger partial charge in [0, 0.05) is 24.3 Å². The molecule has 1 atom stereocenters. The summed E-state index contributed by atoms with van der Waals surface area (Å²) in [5.74, 6) is -2.77. The van der Waals surface area contributed by atoms with E-state index in [-0.39, 0.29) is 30.5 Å². The van der Waals surface area contributed by atoms with Gasteiger partial charge in [-0.05, 0) is 54.8 Å².